The smallest absolute Gasteiger partial charge is 0.337 e. The van der Waals surface area contributed by atoms with Crippen molar-refractivity contribution in [2.75, 3.05) is 7.11 Å². The summed E-state index contributed by atoms with van der Waals surface area (Å²) >= 11 is 0. The van der Waals surface area contributed by atoms with Crippen LogP contribution < -0.4 is 5.56 Å². The minimum Gasteiger partial charge on any atom is -0.465 e. The number of hydrogen-bond acceptors (Lipinski definition) is 5. The largest absolute Gasteiger partial charge is 0.465 e. The van der Waals surface area contributed by atoms with Crippen molar-refractivity contribution < 1.29 is 9.53 Å². The van der Waals surface area contributed by atoms with Crippen LogP contribution in [0.2, 0.25) is 0 Å². The first-order valence-corrected chi connectivity index (χ1v) is 9.73. The number of benzene rings is 2. The molecule has 0 aliphatic rings. The van der Waals surface area contributed by atoms with E-state index in [4.69, 9.17) is 9.72 Å². The maximum Gasteiger partial charge on any atom is 0.337 e. The third kappa shape index (κ3) is 2.90. The highest BCUT2D eigenvalue weighted by Gasteiger charge is 2.20. The molecule has 0 unspecified atom stereocenters. The number of para-hydroxylation sites is 1. The van der Waals surface area contributed by atoms with Gasteiger partial charge in [-0.25, -0.2) is 14.8 Å². The number of rotatable bonds is 3. The van der Waals surface area contributed by atoms with Crippen molar-refractivity contribution in [3.8, 4) is 11.4 Å². The van der Waals surface area contributed by atoms with E-state index in [0.717, 1.165) is 16.8 Å². The van der Waals surface area contributed by atoms with Crippen LogP contribution in [0.3, 0.4) is 0 Å². The van der Waals surface area contributed by atoms with Crippen LogP contribution >= 0.6 is 0 Å². The molecule has 152 valence electrons. The van der Waals surface area contributed by atoms with Crippen LogP contribution in [0, 0.1) is 6.92 Å². The predicted molar refractivity (Wildman–Crippen MR) is 118 cm³/mol. The van der Waals surface area contributed by atoms with E-state index in [1.54, 1.807) is 35.0 Å². The van der Waals surface area contributed by atoms with Gasteiger partial charge in [0.1, 0.15) is 22.5 Å². The molecule has 5 rings (SSSR count). The highest BCUT2D eigenvalue weighted by atomic mass is 16.5. The topological polar surface area (TPSA) is 79.0 Å². The van der Waals surface area contributed by atoms with Crippen molar-refractivity contribution in [3.05, 3.63) is 94.7 Å². The van der Waals surface area contributed by atoms with Gasteiger partial charge in [0.05, 0.1) is 18.4 Å². The Kier molecular flexibility index (Phi) is 4.36. The number of esters is 1. The number of methoxy groups -OCH3 is 1. The van der Waals surface area contributed by atoms with E-state index in [0.29, 0.717) is 28.1 Å². The number of imidazole rings is 1. The first-order valence-electron chi connectivity index (χ1n) is 9.73. The second-order valence-electron chi connectivity index (χ2n) is 7.08. The van der Waals surface area contributed by atoms with E-state index < -0.39 is 5.97 Å². The Morgan fingerprint density at radius 3 is 2.32 bits per heavy atom. The molecule has 31 heavy (non-hydrogen) atoms. The van der Waals surface area contributed by atoms with Gasteiger partial charge in [0.15, 0.2) is 0 Å². The van der Waals surface area contributed by atoms with Crippen molar-refractivity contribution >= 4 is 28.0 Å². The summed E-state index contributed by atoms with van der Waals surface area (Å²) in [5.74, 6) is 0.246. The van der Waals surface area contributed by atoms with Crippen molar-refractivity contribution in [2.45, 2.75) is 6.92 Å². The molecule has 0 fully saturated rings. The second kappa shape index (κ2) is 7.21. The molecule has 0 aliphatic carbocycles. The van der Waals surface area contributed by atoms with E-state index in [-0.39, 0.29) is 5.56 Å². The molecular formula is C24H18N4O3. The monoisotopic (exact) mass is 410 g/mol. The zero-order valence-electron chi connectivity index (χ0n) is 16.9. The molecule has 0 radical (unpaired) electrons. The van der Waals surface area contributed by atoms with Gasteiger partial charge in [-0.3, -0.25) is 13.9 Å². The lowest BCUT2D eigenvalue weighted by molar-refractivity contribution is 0.0600. The summed E-state index contributed by atoms with van der Waals surface area (Å²) in [6.45, 7) is 1.85. The van der Waals surface area contributed by atoms with Gasteiger partial charge in [0.25, 0.3) is 5.56 Å². The Bertz CT molecular complexity index is 1500. The van der Waals surface area contributed by atoms with Crippen LogP contribution in [0.5, 0.6) is 0 Å². The van der Waals surface area contributed by atoms with Gasteiger partial charge >= 0.3 is 5.97 Å². The molecule has 7 nitrogen and oxygen atoms in total. The molecular weight excluding hydrogens is 392 g/mol. The van der Waals surface area contributed by atoms with Crippen molar-refractivity contribution in [3.63, 3.8) is 0 Å². The van der Waals surface area contributed by atoms with E-state index in [1.807, 2.05) is 54.0 Å². The lowest BCUT2D eigenvalue weighted by atomic mass is 10.2. The summed E-state index contributed by atoms with van der Waals surface area (Å²) in [5, 5.41) is 0.786. The number of carbonyl (C=O) groups excluding carboxylic acids is 1. The fourth-order valence-electron chi connectivity index (χ4n) is 3.88. The maximum absolute atomic E-state index is 13.8. The predicted octanol–water partition coefficient (Wildman–Crippen LogP) is 3.82. The molecule has 3 aromatic heterocycles. The number of hydrogen-bond donors (Lipinski definition) is 0. The lowest BCUT2D eigenvalue weighted by Gasteiger charge is -2.12. The molecule has 5 aromatic rings. The fourth-order valence-corrected chi connectivity index (χ4v) is 3.88. The molecule has 0 saturated carbocycles. The normalized spacial score (nSPS) is 11.2. The Hall–Kier alpha value is -4.26. The number of aryl methyl sites for hydroxylation is 1. The Balaban J connectivity index is 1.86. The highest BCUT2D eigenvalue weighted by Crippen LogP contribution is 2.26. The Morgan fingerprint density at radius 1 is 0.903 bits per heavy atom. The molecule has 0 N–H and O–H groups in total. The van der Waals surface area contributed by atoms with Crippen molar-refractivity contribution in [2.24, 2.45) is 0 Å². The first-order chi connectivity index (χ1) is 15.1. The van der Waals surface area contributed by atoms with Crippen LogP contribution in [0.4, 0.5) is 0 Å². The third-order valence-corrected chi connectivity index (χ3v) is 5.27. The number of ether oxygens (including phenoxy) is 1. The zero-order chi connectivity index (χ0) is 21.5. The molecule has 0 atom stereocenters. The molecule has 0 amide bonds. The standard InChI is InChI=1S/C24H18N4O3/c1-15-26-20-19-9-6-14-25-22(19)28(17-7-4-3-5-8-17)23(29)21(20)27(15)18-12-10-16(11-13-18)24(30)31-2/h3-14H,1-2H3. The number of nitrogens with zero attached hydrogens (tertiary/aromatic N) is 4. The van der Waals surface area contributed by atoms with Gasteiger partial charge in [-0.2, -0.15) is 0 Å². The van der Waals surface area contributed by atoms with Crippen LogP contribution in [0.15, 0.2) is 77.7 Å². The summed E-state index contributed by atoms with van der Waals surface area (Å²) in [6, 6.07) is 20.1. The number of carbonyl (C=O) groups is 1. The van der Waals surface area contributed by atoms with Crippen LogP contribution in [0.25, 0.3) is 33.4 Å². The van der Waals surface area contributed by atoms with Crippen molar-refractivity contribution in [1.82, 2.24) is 19.1 Å². The van der Waals surface area contributed by atoms with Gasteiger partial charge in [0, 0.05) is 17.3 Å². The second-order valence-corrected chi connectivity index (χ2v) is 7.08. The van der Waals surface area contributed by atoms with Crippen LogP contribution in [-0.2, 0) is 4.74 Å². The molecule has 3 heterocycles. The van der Waals surface area contributed by atoms with Crippen LogP contribution in [-0.4, -0.2) is 32.2 Å². The Labute approximate surface area is 177 Å². The summed E-state index contributed by atoms with van der Waals surface area (Å²) in [7, 11) is 1.34. The average Bonchev–Trinajstić information content (AvgIpc) is 3.17. The summed E-state index contributed by atoms with van der Waals surface area (Å²) in [5.41, 5.74) is 3.27. The van der Waals surface area contributed by atoms with Gasteiger partial charge in [-0.15, -0.1) is 0 Å². The number of aromatic nitrogens is 4. The van der Waals surface area contributed by atoms with E-state index in [1.165, 1.54) is 7.11 Å². The lowest BCUT2D eigenvalue weighted by Crippen LogP contribution is -2.22. The van der Waals surface area contributed by atoms with E-state index in [2.05, 4.69) is 4.98 Å². The van der Waals surface area contributed by atoms with Gasteiger partial charge in [0.2, 0.25) is 0 Å². The van der Waals surface area contributed by atoms with Gasteiger partial charge in [-0.1, -0.05) is 18.2 Å². The molecule has 7 heteroatoms. The molecule has 0 saturated heterocycles. The molecule has 2 aromatic carbocycles. The summed E-state index contributed by atoms with van der Waals surface area (Å²) in [4.78, 5) is 34.7. The Morgan fingerprint density at radius 2 is 1.61 bits per heavy atom. The van der Waals surface area contributed by atoms with Gasteiger partial charge in [-0.05, 0) is 55.5 Å². The zero-order valence-corrected chi connectivity index (χ0v) is 16.9. The molecule has 0 spiro atoms. The van der Waals surface area contributed by atoms with E-state index in [9.17, 15) is 9.59 Å². The third-order valence-electron chi connectivity index (χ3n) is 5.27. The number of pyridine rings is 2. The quantitative estimate of drug-likeness (QED) is 0.423. The maximum atomic E-state index is 13.8. The first kappa shape index (κ1) is 18.7. The molecule has 0 aliphatic heterocycles. The highest BCUT2D eigenvalue weighted by molar-refractivity contribution is 6.02. The summed E-state index contributed by atoms with van der Waals surface area (Å²) < 4.78 is 8.19. The fraction of sp³-hybridized carbons (Fsp3) is 0.0833. The van der Waals surface area contributed by atoms with Crippen molar-refractivity contribution in [1.29, 1.82) is 0 Å². The number of fused-ring (bicyclic) bond motifs is 3. The average molecular weight is 410 g/mol. The SMILES string of the molecule is COC(=O)c1ccc(-n2c(C)nc3c4cccnc4n(-c4ccccc4)c(=O)c32)cc1. The minimum atomic E-state index is -0.415. The van der Waals surface area contributed by atoms with Gasteiger partial charge < -0.3 is 4.74 Å². The van der Waals surface area contributed by atoms with Crippen LogP contribution in [0.1, 0.15) is 16.2 Å². The molecule has 0 bridgehead atoms. The van der Waals surface area contributed by atoms with E-state index >= 15 is 0 Å². The summed E-state index contributed by atoms with van der Waals surface area (Å²) in [6.07, 6.45) is 1.67. The minimum absolute atomic E-state index is 0.218.